The molecule has 4 rings (SSSR count). The third kappa shape index (κ3) is 2.72. The highest BCUT2D eigenvalue weighted by Gasteiger charge is 2.14. The number of nitrogens with zero attached hydrogens (tertiary/aromatic N) is 2. The largest absolute Gasteiger partial charge is 0.364 e. The Morgan fingerprint density at radius 1 is 1.24 bits per heavy atom. The van der Waals surface area contributed by atoms with Gasteiger partial charge >= 0.3 is 0 Å². The quantitative estimate of drug-likeness (QED) is 0.581. The van der Waals surface area contributed by atoms with Crippen LogP contribution in [-0.4, -0.2) is 21.5 Å². The number of nitrogens with one attached hydrogen (secondary N) is 2. The normalized spacial score (nSPS) is 11.5. The molecule has 25 heavy (non-hydrogen) atoms. The van der Waals surface area contributed by atoms with Crippen LogP contribution in [0.4, 0.5) is 5.69 Å². The van der Waals surface area contributed by atoms with Gasteiger partial charge in [-0.05, 0) is 50.6 Å². The van der Waals surface area contributed by atoms with Crippen LogP contribution in [0.15, 0.2) is 35.3 Å². The van der Waals surface area contributed by atoms with E-state index in [4.69, 9.17) is 4.98 Å². The molecule has 0 radical (unpaired) electrons. The van der Waals surface area contributed by atoms with Crippen molar-refractivity contribution in [2.24, 2.45) is 0 Å². The smallest absolute Gasteiger partial charge is 0.259 e. The van der Waals surface area contributed by atoms with Crippen molar-refractivity contribution >= 4 is 38.1 Å². The van der Waals surface area contributed by atoms with Crippen LogP contribution >= 0.6 is 11.3 Å². The molecule has 3 heterocycles. The molecule has 0 spiro atoms. The van der Waals surface area contributed by atoms with E-state index in [1.165, 1.54) is 5.39 Å². The molecule has 3 aromatic heterocycles. The molecule has 2 N–H and O–H groups in total. The van der Waals surface area contributed by atoms with Crippen molar-refractivity contribution in [2.45, 2.75) is 27.3 Å². The fraction of sp³-hybridized carbons (Fsp3) is 0.263. The summed E-state index contributed by atoms with van der Waals surface area (Å²) >= 11 is 1.59. The Kier molecular flexibility index (Phi) is 3.84. The van der Waals surface area contributed by atoms with Gasteiger partial charge in [0.15, 0.2) is 0 Å². The minimum atomic E-state index is -0.0426. The standard InChI is InChI=1S/C19H20N4OS/c1-4-23(14-5-6-15-13(9-14)7-8-20-15)10-16-21-18(24)17-11(2)12(3)25-19(17)22-16/h5-9,20H,4,10H2,1-3H3,(H,21,22,24). The lowest BCUT2D eigenvalue weighted by Gasteiger charge is -2.22. The van der Waals surface area contributed by atoms with Crippen LogP contribution in [0.25, 0.3) is 21.1 Å². The Morgan fingerprint density at radius 2 is 2.08 bits per heavy atom. The van der Waals surface area contributed by atoms with Crippen molar-refractivity contribution in [3.8, 4) is 0 Å². The second-order valence-electron chi connectivity index (χ2n) is 6.24. The van der Waals surface area contributed by atoms with Gasteiger partial charge in [0.05, 0.1) is 11.9 Å². The van der Waals surface area contributed by atoms with E-state index in [9.17, 15) is 4.79 Å². The van der Waals surface area contributed by atoms with Crippen molar-refractivity contribution in [1.82, 2.24) is 15.0 Å². The second kappa shape index (κ2) is 6.04. The molecule has 0 aliphatic carbocycles. The molecule has 4 aromatic rings. The van der Waals surface area contributed by atoms with Gasteiger partial charge in [0.2, 0.25) is 0 Å². The van der Waals surface area contributed by atoms with Gasteiger partial charge < -0.3 is 14.9 Å². The molecular weight excluding hydrogens is 332 g/mol. The van der Waals surface area contributed by atoms with Crippen molar-refractivity contribution in [3.63, 3.8) is 0 Å². The van der Waals surface area contributed by atoms with E-state index in [0.29, 0.717) is 12.4 Å². The molecule has 6 heteroatoms. The van der Waals surface area contributed by atoms with E-state index >= 15 is 0 Å². The maximum absolute atomic E-state index is 12.5. The Labute approximate surface area is 149 Å². The highest BCUT2D eigenvalue weighted by atomic mass is 32.1. The van der Waals surface area contributed by atoms with Gasteiger partial charge in [-0.2, -0.15) is 0 Å². The molecule has 0 aliphatic rings. The Morgan fingerprint density at radius 3 is 2.88 bits per heavy atom. The molecule has 0 unspecified atom stereocenters. The number of hydrogen-bond acceptors (Lipinski definition) is 4. The monoisotopic (exact) mass is 352 g/mol. The Bertz CT molecular complexity index is 1120. The lowest BCUT2D eigenvalue weighted by molar-refractivity contribution is 0.783. The number of benzene rings is 1. The molecule has 0 amide bonds. The predicted octanol–water partition coefficient (Wildman–Crippen LogP) is 4.11. The van der Waals surface area contributed by atoms with Crippen molar-refractivity contribution in [2.75, 3.05) is 11.4 Å². The molecule has 0 saturated carbocycles. The molecule has 1 aromatic carbocycles. The number of H-pyrrole nitrogens is 2. The molecule has 0 aliphatic heterocycles. The van der Waals surface area contributed by atoms with Gasteiger partial charge in [-0.3, -0.25) is 4.79 Å². The number of hydrogen-bond donors (Lipinski definition) is 2. The van der Waals surface area contributed by atoms with Crippen LogP contribution in [0, 0.1) is 13.8 Å². The van der Waals surface area contributed by atoms with E-state index in [2.05, 4.69) is 46.1 Å². The van der Waals surface area contributed by atoms with Gasteiger partial charge in [-0.15, -0.1) is 11.3 Å². The maximum atomic E-state index is 12.5. The zero-order valence-electron chi connectivity index (χ0n) is 14.5. The average molecular weight is 352 g/mol. The SMILES string of the molecule is CCN(Cc1nc2sc(C)c(C)c2c(=O)[nH]1)c1ccc2[nH]ccc2c1. The van der Waals surface area contributed by atoms with Crippen molar-refractivity contribution < 1.29 is 0 Å². The maximum Gasteiger partial charge on any atom is 0.259 e. The van der Waals surface area contributed by atoms with Crippen LogP contribution in [0.2, 0.25) is 0 Å². The summed E-state index contributed by atoms with van der Waals surface area (Å²) in [5.41, 5.74) is 3.23. The molecule has 0 fully saturated rings. The van der Waals surface area contributed by atoms with Gasteiger partial charge in [-0.1, -0.05) is 0 Å². The number of thiophene rings is 1. The summed E-state index contributed by atoms with van der Waals surface area (Å²) in [6.07, 6.45) is 1.94. The highest BCUT2D eigenvalue weighted by Crippen LogP contribution is 2.26. The third-order valence-corrected chi connectivity index (χ3v) is 5.81. The van der Waals surface area contributed by atoms with Crippen LogP contribution < -0.4 is 10.5 Å². The van der Waals surface area contributed by atoms with Gasteiger partial charge in [0.1, 0.15) is 10.7 Å². The topological polar surface area (TPSA) is 64.8 Å². The number of fused-ring (bicyclic) bond motifs is 2. The number of rotatable bonds is 4. The summed E-state index contributed by atoms with van der Waals surface area (Å²) in [7, 11) is 0. The molecule has 128 valence electrons. The van der Waals surface area contributed by atoms with E-state index in [0.717, 1.165) is 38.4 Å². The van der Waals surface area contributed by atoms with Gasteiger partial charge in [-0.25, -0.2) is 4.98 Å². The summed E-state index contributed by atoms with van der Waals surface area (Å²) in [5.74, 6) is 0.703. The highest BCUT2D eigenvalue weighted by molar-refractivity contribution is 7.18. The van der Waals surface area contributed by atoms with E-state index < -0.39 is 0 Å². The first-order chi connectivity index (χ1) is 12.1. The first kappa shape index (κ1) is 15.9. The van der Waals surface area contributed by atoms with Gasteiger partial charge in [0.25, 0.3) is 5.56 Å². The van der Waals surface area contributed by atoms with E-state index in [-0.39, 0.29) is 5.56 Å². The fourth-order valence-corrected chi connectivity index (χ4v) is 4.23. The van der Waals surface area contributed by atoms with Gasteiger partial charge in [0, 0.05) is 34.2 Å². The average Bonchev–Trinajstić information content (AvgIpc) is 3.17. The number of aromatic amines is 2. The molecule has 0 atom stereocenters. The predicted molar refractivity (Wildman–Crippen MR) is 105 cm³/mol. The minimum Gasteiger partial charge on any atom is -0.364 e. The third-order valence-electron chi connectivity index (χ3n) is 4.71. The van der Waals surface area contributed by atoms with Crippen molar-refractivity contribution in [3.05, 3.63) is 57.1 Å². The van der Waals surface area contributed by atoms with Crippen LogP contribution in [0.5, 0.6) is 0 Å². The zero-order chi connectivity index (χ0) is 17.6. The molecular formula is C19H20N4OS. The summed E-state index contributed by atoms with van der Waals surface area (Å²) in [5, 5.41) is 1.90. The molecule has 5 nitrogen and oxygen atoms in total. The lowest BCUT2D eigenvalue weighted by atomic mass is 10.2. The van der Waals surface area contributed by atoms with Crippen LogP contribution in [0.1, 0.15) is 23.2 Å². The Hall–Kier alpha value is -2.60. The summed E-state index contributed by atoms with van der Waals surface area (Å²) in [6, 6.07) is 8.40. The zero-order valence-corrected chi connectivity index (χ0v) is 15.3. The number of aromatic nitrogens is 3. The fourth-order valence-electron chi connectivity index (χ4n) is 3.18. The number of anilines is 1. The first-order valence-corrected chi connectivity index (χ1v) is 9.19. The van der Waals surface area contributed by atoms with E-state index in [1.807, 2.05) is 20.0 Å². The first-order valence-electron chi connectivity index (χ1n) is 8.38. The summed E-state index contributed by atoms with van der Waals surface area (Å²) < 4.78 is 0. The summed E-state index contributed by atoms with van der Waals surface area (Å²) in [6.45, 7) is 7.53. The Balaban J connectivity index is 1.71. The number of aryl methyl sites for hydroxylation is 2. The molecule has 0 saturated heterocycles. The molecule has 0 bridgehead atoms. The van der Waals surface area contributed by atoms with Crippen molar-refractivity contribution in [1.29, 1.82) is 0 Å². The lowest BCUT2D eigenvalue weighted by Crippen LogP contribution is -2.25. The van der Waals surface area contributed by atoms with Crippen LogP contribution in [-0.2, 0) is 6.54 Å². The van der Waals surface area contributed by atoms with Crippen LogP contribution in [0.3, 0.4) is 0 Å². The van der Waals surface area contributed by atoms with E-state index in [1.54, 1.807) is 11.3 Å². The minimum absolute atomic E-state index is 0.0426. The second-order valence-corrected chi connectivity index (χ2v) is 7.44. The summed E-state index contributed by atoms with van der Waals surface area (Å²) in [4.78, 5) is 27.5.